The fourth-order valence-electron chi connectivity index (χ4n) is 1.74. The van der Waals surface area contributed by atoms with Crippen LogP contribution in [-0.4, -0.2) is 39.8 Å². The second kappa shape index (κ2) is 5.90. The molecule has 0 saturated heterocycles. The molecular formula is C12H18F3N5O. The third-order valence-corrected chi connectivity index (χ3v) is 3.07. The molecule has 2 N–H and O–H groups in total. The van der Waals surface area contributed by atoms with Crippen LogP contribution in [0.1, 0.15) is 33.1 Å². The van der Waals surface area contributed by atoms with E-state index in [4.69, 9.17) is 4.74 Å². The second-order valence-corrected chi connectivity index (χ2v) is 4.83. The van der Waals surface area contributed by atoms with Gasteiger partial charge in [0.25, 0.3) is 0 Å². The van der Waals surface area contributed by atoms with E-state index >= 15 is 0 Å². The average molecular weight is 305 g/mol. The van der Waals surface area contributed by atoms with Crippen molar-refractivity contribution in [2.45, 2.75) is 44.8 Å². The summed E-state index contributed by atoms with van der Waals surface area (Å²) in [5.41, 5.74) is -1.92. The highest BCUT2D eigenvalue weighted by Crippen LogP contribution is 2.50. The van der Waals surface area contributed by atoms with E-state index in [9.17, 15) is 13.2 Å². The Kier molecular flexibility index (Phi) is 4.38. The van der Waals surface area contributed by atoms with Crippen molar-refractivity contribution in [2.24, 2.45) is 0 Å². The minimum atomic E-state index is -4.33. The second-order valence-electron chi connectivity index (χ2n) is 4.83. The minimum Gasteiger partial charge on any atom is -0.464 e. The normalized spacial score (nSPS) is 16.4. The lowest BCUT2D eigenvalue weighted by atomic mass is 10.3. The minimum absolute atomic E-state index is 0.00609. The Labute approximate surface area is 120 Å². The zero-order chi connectivity index (χ0) is 15.5. The molecule has 0 atom stereocenters. The van der Waals surface area contributed by atoms with Crippen molar-refractivity contribution in [3.8, 4) is 6.01 Å². The molecule has 21 heavy (non-hydrogen) atoms. The Hall–Kier alpha value is -1.80. The van der Waals surface area contributed by atoms with Gasteiger partial charge in [0.05, 0.1) is 6.61 Å². The Morgan fingerprint density at radius 2 is 1.81 bits per heavy atom. The van der Waals surface area contributed by atoms with Gasteiger partial charge in [-0.25, -0.2) is 0 Å². The average Bonchev–Trinajstić information content (AvgIpc) is 3.17. The monoisotopic (exact) mass is 305 g/mol. The molecule has 0 radical (unpaired) electrons. The molecule has 1 aromatic rings. The number of hydrogen-bond acceptors (Lipinski definition) is 6. The number of anilines is 2. The summed E-state index contributed by atoms with van der Waals surface area (Å²) in [7, 11) is 0. The van der Waals surface area contributed by atoms with Crippen LogP contribution in [0.15, 0.2) is 0 Å². The molecule has 0 amide bonds. The predicted molar refractivity (Wildman–Crippen MR) is 71.4 cm³/mol. The third kappa shape index (κ3) is 3.64. The first kappa shape index (κ1) is 15.6. The number of nitrogens with one attached hydrogen (secondary N) is 2. The first-order valence-corrected chi connectivity index (χ1v) is 6.88. The van der Waals surface area contributed by atoms with Gasteiger partial charge in [-0.15, -0.1) is 0 Å². The molecule has 118 valence electrons. The highest BCUT2D eigenvalue weighted by Gasteiger charge is 2.64. The molecule has 6 nitrogen and oxygen atoms in total. The number of aromatic nitrogens is 3. The molecule has 1 aromatic heterocycles. The zero-order valence-corrected chi connectivity index (χ0v) is 11.9. The Bertz CT molecular complexity index is 490. The van der Waals surface area contributed by atoms with Crippen LogP contribution in [0.25, 0.3) is 0 Å². The van der Waals surface area contributed by atoms with E-state index in [1.807, 2.05) is 6.92 Å². The predicted octanol–water partition coefficient (Wildman–Crippen LogP) is 2.60. The summed E-state index contributed by atoms with van der Waals surface area (Å²) in [5.74, 6) is 0.0812. The van der Waals surface area contributed by atoms with Crippen molar-refractivity contribution < 1.29 is 17.9 Å². The maximum atomic E-state index is 13.0. The van der Waals surface area contributed by atoms with Crippen LogP contribution in [0.3, 0.4) is 0 Å². The van der Waals surface area contributed by atoms with E-state index < -0.39 is 11.7 Å². The summed E-state index contributed by atoms with van der Waals surface area (Å²) in [6, 6.07) is 0.00609. The lowest BCUT2D eigenvalue weighted by Gasteiger charge is -2.21. The van der Waals surface area contributed by atoms with Gasteiger partial charge in [0.1, 0.15) is 5.54 Å². The molecule has 9 heteroatoms. The topological polar surface area (TPSA) is 72.0 Å². The summed E-state index contributed by atoms with van der Waals surface area (Å²) in [6.07, 6.45) is -3.46. The van der Waals surface area contributed by atoms with Crippen LogP contribution in [-0.2, 0) is 0 Å². The lowest BCUT2D eigenvalue weighted by Crippen LogP contribution is -2.39. The van der Waals surface area contributed by atoms with Crippen LogP contribution in [0, 0.1) is 0 Å². The summed E-state index contributed by atoms with van der Waals surface area (Å²) < 4.78 is 44.0. The van der Waals surface area contributed by atoms with Gasteiger partial charge in [0, 0.05) is 6.54 Å². The molecule has 0 spiro atoms. The standard InChI is InChI=1S/C12H18F3N5O/c1-3-7-16-8-17-9(19-10(18-8)21-4-2)20-11(5-6-11)12(13,14)15/h3-7H2,1-2H3,(H2,16,17,18,19,20). The maximum Gasteiger partial charge on any atom is 0.411 e. The van der Waals surface area contributed by atoms with Gasteiger partial charge >= 0.3 is 12.2 Å². The number of hydrogen-bond donors (Lipinski definition) is 2. The Morgan fingerprint density at radius 1 is 1.14 bits per heavy atom. The maximum absolute atomic E-state index is 13.0. The quantitative estimate of drug-likeness (QED) is 0.807. The van der Waals surface area contributed by atoms with E-state index in [0.717, 1.165) is 6.42 Å². The van der Waals surface area contributed by atoms with Gasteiger partial charge in [-0.2, -0.15) is 28.1 Å². The van der Waals surface area contributed by atoms with Gasteiger partial charge < -0.3 is 15.4 Å². The first-order chi connectivity index (χ1) is 9.90. The number of rotatable bonds is 7. The lowest BCUT2D eigenvalue weighted by molar-refractivity contribution is -0.151. The van der Waals surface area contributed by atoms with Gasteiger partial charge in [0.15, 0.2) is 0 Å². The van der Waals surface area contributed by atoms with Gasteiger partial charge in [-0.05, 0) is 26.2 Å². The number of ether oxygens (including phenoxy) is 1. The molecule has 1 aliphatic carbocycles. The molecule has 0 unspecified atom stereocenters. The van der Waals surface area contributed by atoms with Crippen molar-refractivity contribution in [2.75, 3.05) is 23.8 Å². The molecule has 1 aliphatic rings. The van der Waals surface area contributed by atoms with Crippen molar-refractivity contribution in [1.29, 1.82) is 0 Å². The van der Waals surface area contributed by atoms with Crippen LogP contribution in [0.5, 0.6) is 6.01 Å². The summed E-state index contributed by atoms with van der Waals surface area (Å²) in [5, 5.41) is 5.29. The Balaban J connectivity index is 2.19. The molecule has 1 saturated carbocycles. The number of halogens is 3. The van der Waals surface area contributed by atoms with E-state index in [-0.39, 0.29) is 30.7 Å². The highest BCUT2D eigenvalue weighted by atomic mass is 19.4. The summed E-state index contributed by atoms with van der Waals surface area (Å²) in [4.78, 5) is 11.8. The molecule has 0 bridgehead atoms. The van der Waals surface area contributed by atoms with Crippen LogP contribution >= 0.6 is 0 Å². The molecule has 2 rings (SSSR count). The summed E-state index contributed by atoms with van der Waals surface area (Å²) in [6.45, 7) is 4.63. The molecule has 0 aromatic carbocycles. The van der Waals surface area contributed by atoms with Gasteiger partial charge in [0.2, 0.25) is 11.9 Å². The summed E-state index contributed by atoms with van der Waals surface area (Å²) >= 11 is 0. The van der Waals surface area contributed by atoms with E-state index in [0.29, 0.717) is 13.2 Å². The number of nitrogens with zero attached hydrogens (tertiary/aromatic N) is 3. The van der Waals surface area contributed by atoms with Crippen molar-refractivity contribution in [3.05, 3.63) is 0 Å². The van der Waals surface area contributed by atoms with Crippen LogP contribution < -0.4 is 15.4 Å². The largest absolute Gasteiger partial charge is 0.464 e. The van der Waals surface area contributed by atoms with Gasteiger partial charge in [-0.1, -0.05) is 6.92 Å². The van der Waals surface area contributed by atoms with Gasteiger partial charge in [-0.3, -0.25) is 0 Å². The number of alkyl halides is 3. The fraction of sp³-hybridized carbons (Fsp3) is 0.750. The molecular weight excluding hydrogens is 287 g/mol. The van der Waals surface area contributed by atoms with Crippen molar-refractivity contribution in [1.82, 2.24) is 15.0 Å². The fourth-order valence-corrected chi connectivity index (χ4v) is 1.74. The van der Waals surface area contributed by atoms with Crippen LogP contribution in [0.4, 0.5) is 25.1 Å². The SMILES string of the molecule is CCCNc1nc(NC2(C(F)(F)F)CC2)nc(OCC)n1. The van der Waals surface area contributed by atoms with E-state index in [1.54, 1.807) is 6.92 Å². The van der Waals surface area contributed by atoms with Crippen LogP contribution in [0.2, 0.25) is 0 Å². The molecule has 0 aliphatic heterocycles. The van der Waals surface area contributed by atoms with Crippen molar-refractivity contribution in [3.63, 3.8) is 0 Å². The molecule has 1 fully saturated rings. The van der Waals surface area contributed by atoms with E-state index in [2.05, 4.69) is 25.6 Å². The first-order valence-electron chi connectivity index (χ1n) is 6.88. The zero-order valence-electron chi connectivity index (χ0n) is 11.9. The highest BCUT2D eigenvalue weighted by molar-refractivity contribution is 5.41. The van der Waals surface area contributed by atoms with E-state index in [1.165, 1.54) is 0 Å². The third-order valence-electron chi connectivity index (χ3n) is 3.07. The Morgan fingerprint density at radius 3 is 2.33 bits per heavy atom. The smallest absolute Gasteiger partial charge is 0.411 e. The molecule has 1 heterocycles. The van der Waals surface area contributed by atoms with Crippen molar-refractivity contribution >= 4 is 11.9 Å².